The van der Waals surface area contributed by atoms with Crippen molar-refractivity contribution >= 4 is 92.1 Å². The van der Waals surface area contributed by atoms with Gasteiger partial charge in [0.2, 0.25) is 0 Å². The van der Waals surface area contributed by atoms with E-state index in [9.17, 15) is 0 Å². The van der Waals surface area contributed by atoms with Crippen LogP contribution in [0.1, 0.15) is 0 Å². The van der Waals surface area contributed by atoms with Crippen molar-refractivity contribution < 1.29 is 4.42 Å². The molecule has 12 rings (SSSR count). The van der Waals surface area contributed by atoms with Gasteiger partial charge in [-0.25, -0.2) is 4.98 Å². The summed E-state index contributed by atoms with van der Waals surface area (Å²) in [7, 11) is 0. The van der Waals surface area contributed by atoms with Crippen LogP contribution in [-0.2, 0) is 0 Å². The molecule has 9 aromatic carbocycles. The molecule has 3 nitrogen and oxygen atoms in total. The zero-order valence-electron chi connectivity index (χ0n) is 32.2. The minimum Gasteiger partial charge on any atom is -0.456 e. The molecule has 0 atom stereocenters. The van der Waals surface area contributed by atoms with E-state index in [1.165, 1.54) is 47.1 Å². The van der Waals surface area contributed by atoms with E-state index in [-0.39, 0.29) is 0 Å². The number of thiophene rings is 1. The van der Waals surface area contributed by atoms with E-state index >= 15 is 0 Å². The molecule has 0 saturated heterocycles. The van der Waals surface area contributed by atoms with Crippen molar-refractivity contribution in [3.05, 3.63) is 206 Å². The van der Waals surface area contributed by atoms with Gasteiger partial charge in [-0.15, -0.1) is 22.7 Å². The first-order chi connectivity index (χ1) is 29.7. The number of fused-ring (bicyclic) bond motifs is 8. The Kier molecular flexibility index (Phi) is 8.22. The zero-order chi connectivity index (χ0) is 39.6. The van der Waals surface area contributed by atoms with E-state index in [0.29, 0.717) is 0 Å². The van der Waals surface area contributed by atoms with E-state index in [4.69, 9.17) is 9.40 Å². The average molecular weight is 803 g/mol. The van der Waals surface area contributed by atoms with Gasteiger partial charge in [-0.1, -0.05) is 133 Å². The lowest BCUT2D eigenvalue weighted by atomic mass is 9.99. The number of aromatic nitrogens is 1. The topological polar surface area (TPSA) is 29.3 Å². The highest BCUT2D eigenvalue weighted by Crippen LogP contribution is 2.44. The van der Waals surface area contributed by atoms with Crippen molar-refractivity contribution in [2.24, 2.45) is 0 Å². The molecule has 0 aliphatic rings. The summed E-state index contributed by atoms with van der Waals surface area (Å²) in [5.74, 6) is 0. The molecule has 0 radical (unpaired) electrons. The third-order valence-electron chi connectivity index (χ3n) is 11.5. The molecule has 0 saturated carbocycles. The van der Waals surface area contributed by atoms with Gasteiger partial charge in [-0.2, -0.15) is 0 Å². The minimum atomic E-state index is 0.901. The first-order valence-electron chi connectivity index (χ1n) is 20.1. The highest BCUT2D eigenvalue weighted by atomic mass is 32.1. The van der Waals surface area contributed by atoms with Gasteiger partial charge in [0.25, 0.3) is 0 Å². The number of furan rings is 1. The number of para-hydroxylation sites is 1. The van der Waals surface area contributed by atoms with Crippen molar-refractivity contribution in [1.29, 1.82) is 0 Å². The van der Waals surface area contributed by atoms with Crippen LogP contribution in [0, 0.1) is 0 Å². The molecule has 0 N–H and O–H groups in total. The highest BCUT2D eigenvalue weighted by Gasteiger charge is 2.18. The lowest BCUT2D eigenvalue weighted by molar-refractivity contribution is 0.669. The van der Waals surface area contributed by atoms with Crippen LogP contribution < -0.4 is 4.90 Å². The van der Waals surface area contributed by atoms with Gasteiger partial charge in [0.05, 0.1) is 10.2 Å². The Hall–Kier alpha value is -7.31. The van der Waals surface area contributed by atoms with Crippen LogP contribution in [0.3, 0.4) is 0 Å². The maximum atomic E-state index is 6.23. The second-order valence-corrected chi connectivity index (χ2v) is 17.2. The Balaban J connectivity index is 0.930. The molecular formula is C55H34N2OS2. The summed E-state index contributed by atoms with van der Waals surface area (Å²) in [4.78, 5) is 7.55. The quantitative estimate of drug-likeness (QED) is 0.161. The number of hydrogen-bond acceptors (Lipinski definition) is 5. The fourth-order valence-corrected chi connectivity index (χ4v) is 10.7. The van der Waals surface area contributed by atoms with E-state index in [1.807, 2.05) is 23.5 Å². The molecule has 0 aliphatic heterocycles. The number of rotatable bonds is 7. The lowest BCUT2D eigenvalue weighted by Gasteiger charge is -2.26. The van der Waals surface area contributed by atoms with Gasteiger partial charge >= 0.3 is 0 Å². The van der Waals surface area contributed by atoms with Crippen LogP contribution in [0.25, 0.3) is 96.3 Å². The Bertz CT molecular complexity index is 3510. The lowest BCUT2D eigenvalue weighted by Crippen LogP contribution is -2.09. The van der Waals surface area contributed by atoms with E-state index in [2.05, 4.69) is 199 Å². The number of anilines is 3. The van der Waals surface area contributed by atoms with Crippen molar-refractivity contribution in [3.63, 3.8) is 0 Å². The number of thiazole rings is 1. The summed E-state index contributed by atoms with van der Waals surface area (Å²) in [6.07, 6.45) is 0. The molecule has 0 aliphatic carbocycles. The average Bonchev–Trinajstić information content (AvgIpc) is 4.04. The summed E-state index contributed by atoms with van der Waals surface area (Å²) in [6.45, 7) is 0. The third-order valence-corrected chi connectivity index (χ3v) is 13.7. The second-order valence-electron chi connectivity index (χ2n) is 15.1. The molecule has 3 aromatic heterocycles. The molecule has 0 spiro atoms. The molecule has 0 amide bonds. The van der Waals surface area contributed by atoms with Crippen molar-refractivity contribution in [1.82, 2.24) is 4.98 Å². The monoisotopic (exact) mass is 802 g/mol. The number of nitrogens with zero attached hydrogens (tertiary/aromatic N) is 2. The smallest absolute Gasteiger partial charge is 0.136 e. The second kappa shape index (κ2) is 14.2. The summed E-state index contributed by atoms with van der Waals surface area (Å²) < 4.78 is 9.99. The normalized spacial score (nSPS) is 11.7. The summed E-state index contributed by atoms with van der Waals surface area (Å²) in [6, 6.07) is 73.8. The Labute approximate surface area is 354 Å². The van der Waals surface area contributed by atoms with E-state index in [0.717, 1.165) is 66.2 Å². The van der Waals surface area contributed by atoms with Crippen LogP contribution in [0.2, 0.25) is 0 Å². The molecule has 0 fully saturated rings. The Morgan fingerprint density at radius 3 is 1.63 bits per heavy atom. The molecule has 282 valence electrons. The van der Waals surface area contributed by atoms with Crippen LogP contribution in [0.4, 0.5) is 17.1 Å². The fourth-order valence-electron chi connectivity index (χ4n) is 8.63. The van der Waals surface area contributed by atoms with Crippen molar-refractivity contribution in [3.8, 4) is 44.0 Å². The van der Waals surface area contributed by atoms with Crippen molar-refractivity contribution in [2.45, 2.75) is 0 Å². The fraction of sp³-hybridized carbons (Fsp3) is 0. The zero-order valence-corrected chi connectivity index (χ0v) is 33.9. The maximum Gasteiger partial charge on any atom is 0.136 e. The molecular weight excluding hydrogens is 769 g/mol. The van der Waals surface area contributed by atoms with E-state index < -0.39 is 0 Å². The molecule has 0 bridgehead atoms. The predicted molar refractivity (Wildman–Crippen MR) is 256 cm³/mol. The summed E-state index contributed by atoms with van der Waals surface area (Å²) in [5, 5.41) is 5.84. The molecule has 60 heavy (non-hydrogen) atoms. The number of hydrogen-bond donors (Lipinski definition) is 0. The molecule has 0 unspecified atom stereocenters. The standard InChI is InChI=1S/C55H34N2OS2/c1-3-10-35(11-4-1)36-18-25-41(26-19-36)57(43-29-22-38(23-30-43)44-15-9-17-48-52(44)45-14-7-8-16-47(45)58-48)42-27-20-37(21-28-42)40-24-31-49-46(34-40)53-50(59-49)32-33-51-54(53)56-55(60-51)39-12-5-2-6-13-39/h1-34H. The molecule has 12 aromatic rings. The van der Waals surface area contributed by atoms with Gasteiger partial charge in [0, 0.05) is 53.6 Å². The molecule has 5 heteroatoms. The van der Waals surface area contributed by atoms with Crippen LogP contribution in [0.5, 0.6) is 0 Å². The van der Waals surface area contributed by atoms with Crippen LogP contribution >= 0.6 is 22.7 Å². The SMILES string of the molecule is c1ccc(-c2ccc(N(c3ccc(-c4ccc5sc6ccc7sc(-c8ccccc8)nc7c6c5c4)cc3)c3ccc(-c4cccc5oc6ccccc6c45)cc3)cc2)cc1. The van der Waals surface area contributed by atoms with Crippen LogP contribution in [-0.4, -0.2) is 4.98 Å². The number of benzene rings is 9. The van der Waals surface area contributed by atoms with Gasteiger partial charge in [0.15, 0.2) is 0 Å². The minimum absolute atomic E-state index is 0.901. The van der Waals surface area contributed by atoms with Gasteiger partial charge in [-0.3, -0.25) is 0 Å². The first kappa shape index (κ1) is 34.7. The van der Waals surface area contributed by atoms with Crippen molar-refractivity contribution in [2.75, 3.05) is 4.90 Å². The van der Waals surface area contributed by atoms with Gasteiger partial charge in [0.1, 0.15) is 16.2 Å². The first-order valence-corrected chi connectivity index (χ1v) is 21.7. The predicted octanol–water partition coefficient (Wildman–Crippen LogP) is 16.7. The largest absolute Gasteiger partial charge is 0.456 e. The Morgan fingerprint density at radius 2 is 0.917 bits per heavy atom. The summed E-state index contributed by atoms with van der Waals surface area (Å²) in [5.41, 5.74) is 14.4. The maximum absolute atomic E-state index is 6.23. The van der Waals surface area contributed by atoms with Gasteiger partial charge < -0.3 is 9.32 Å². The summed E-state index contributed by atoms with van der Waals surface area (Å²) >= 11 is 3.60. The Morgan fingerprint density at radius 1 is 0.367 bits per heavy atom. The third kappa shape index (κ3) is 5.90. The van der Waals surface area contributed by atoms with Crippen LogP contribution in [0.15, 0.2) is 211 Å². The van der Waals surface area contributed by atoms with E-state index in [1.54, 1.807) is 11.3 Å². The molecule has 3 heterocycles. The highest BCUT2D eigenvalue weighted by molar-refractivity contribution is 7.26. The van der Waals surface area contributed by atoms with Gasteiger partial charge in [-0.05, 0) is 106 Å².